The zero-order valence-corrected chi connectivity index (χ0v) is 14.3. The number of nitrogens with zero attached hydrogens (tertiary/aromatic N) is 1. The summed E-state index contributed by atoms with van der Waals surface area (Å²) in [6.45, 7) is 1.25. The minimum Gasteiger partial charge on any atom is -0.454 e. The molecule has 25 heavy (non-hydrogen) atoms. The molecule has 1 heterocycles. The van der Waals surface area contributed by atoms with Crippen LogP contribution in [-0.2, 0) is 0 Å². The summed E-state index contributed by atoms with van der Waals surface area (Å²) in [6.07, 6.45) is 1.83. The Morgan fingerprint density at radius 3 is 2.52 bits per heavy atom. The van der Waals surface area contributed by atoms with Crippen molar-refractivity contribution in [3.8, 4) is 11.5 Å². The Bertz CT molecular complexity index is 740. The molecule has 2 aromatic rings. The number of piperidine rings is 1. The van der Waals surface area contributed by atoms with Crippen LogP contribution < -0.4 is 10.5 Å². The third kappa shape index (κ3) is 4.67. The van der Waals surface area contributed by atoms with E-state index in [4.69, 9.17) is 10.5 Å². The fraction of sp³-hybridized carbons (Fsp3) is 0.278. The number of ether oxygens (including phenoxy) is 1. The number of benzene rings is 2. The van der Waals surface area contributed by atoms with Crippen LogP contribution in [0, 0.1) is 11.6 Å². The first-order chi connectivity index (χ1) is 11.5. The molecule has 1 amide bonds. The Balaban J connectivity index is 0.00000225. The number of rotatable bonds is 3. The van der Waals surface area contributed by atoms with Crippen LogP contribution in [0.4, 0.5) is 8.78 Å². The number of halogens is 3. The van der Waals surface area contributed by atoms with E-state index < -0.39 is 11.6 Å². The maximum Gasteiger partial charge on any atom is 0.253 e. The van der Waals surface area contributed by atoms with Crippen LogP contribution in [-0.4, -0.2) is 29.9 Å². The van der Waals surface area contributed by atoms with Gasteiger partial charge < -0.3 is 15.4 Å². The van der Waals surface area contributed by atoms with Crippen molar-refractivity contribution in [3.05, 3.63) is 59.7 Å². The predicted molar refractivity (Wildman–Crippen MR) is 93.2 cm³/mol. The van der Waals surface area contributed by atoms with Crippen LogP contribution in [0.3, 0.4) is 0 Å². The molecule has 1 fully saturated rings. The van der Waals surface area contributed by atoms with Crippen molar-refractivity contribution >= 4 is 18.3 Å². The van der Waals surface area contributed by atoms with Gasteiger partial charge in [0, 0.05) is 30.8 Å². The first kappa shape index (κ1) is 19.1. The highest BCUT2D eigenvalue weighted by Crippen LogP contribution is 2.25. The molecule has 0 spiro atoms. The van der Waals surface area contributed by atoms with E-state index in [2.05, 4.69) is 0 Å². The van der Waals surface area contributed by atoms with Gasteiger partial charge in [-0.15, -0.1) is 12.4 Å². The van der Waals surface area contributed by atoms with Crippen molar-refractivity contribution in [2.45, 2.75) is 18.9 Å². The smallest absolute Gasteiger partial charge is 0.253 e. The molecule has 1 atom stereocenters. The van der Waals surface area contributed by atoms with Gasteiger partial charge in [0.15, 0.2) is 11.6 Å². The van der Waals surface area contributed by atoms with E-state index in [0.29, 0.717) is 24.4 Å². The first-order valence-electron chi connectivity index (χ1n) is 7.81. The second-order valence-electron chi connectivity index (χ2n) is 5.85. The molecule has 0 bridgehead atoms. The summed E-state index contributed by atoms with van der Waals surface area (Å²) in [5.41, 5.74) is 6.42. The molecule has 1 aliphatic rings. The number of likely N-dealkylation sites (tertiary alicyclic amines) is 1. The highest BCUT2D eigenvalue weighted by atomic mass is 35.5. The van der Waals surface area contributed by atoms with E-state index in [-0.39, 0.29) is 30.1 Å². The van der Waals surface area contributed by atoms with Crippen molar-refractivity contribution in [2.24, 2.45) is 5.73 Å². The van der Waals surface area contributed by atoms with Gasteiger partial charge in [-0.05, 0) is 49.2 Å². The standard InChI is InChI=1S/C18H18F2N2O2.ClH/c19-13-5-8-17(16(20)10-13)24-15-6-3-12(4-7-15)18(23)22-9-1-2-14(21)11-22;/h3-8,10,14H,1-2,9,11,21H2;1H. The monoisotopic (exact) mass is 368 g/mol. The molecule has 0 radical (unpaired) electrons. The van der Waals surface area contributed by atoms with Gasteiger partial charge in [0.25, 0.3) is 5.91 Å². The van der Waals surface area contributed by atoms with Gasteiger partial charge in [-0.2, -0.15) is 0 Å². The molecule has 7 heteroatoms. The van der Waals surface area contributed by atoms with Gasteiger partial charge in [0.2, 0.25) is 0 Å². The van der Waals surface area contributed by atoms with E-state index in [1.165, 1.54) is 6.07 Å². The van der Waals surface area contributed by atoms with E-state index in [0.717, 1.165) is 25.0 Å². The minimum atomic E-state index is -0.780. The maximum atomic E-state index is 13.6. The molecule has 2 N–H and O–H groups in total. The second-order valence-corrected chi connectivity index (χ2v) is 5.85. The third-order valence-electron chi connectivity index (χ3n) is 3.97. The largest absolute Gasteiger partial charge is 0.454 e. The molecule has 0 aromatic heterocycles. The summed E-state index contributed by atoms with van der Waals surface area (Å²) in [5, 5.41) is 0. The molecule has 4 nitrogen and oxygen atoms in total. The van der Waals surface area contributed by atoms with Crippen molar-refractivity contribution in [3.63, 3.8) is 0 Å². The Kier molecular flexibility index (Phi) is 6.33. The van der Waals surface area contributed by atoms with E-state index in [1.807, 2.05) is 0 Å². The number of amides is 1. The maximum absolute atomic E-state index is 13.6. The average Bonchev–Trinajstić information content (AvgIpc) is 2.57. The van der Waals surface area contributed by atoms with E-state index in [9.17, 15) is 13.6 Å². The van der Waals surface area contributed by atoms with Crippen molar-refractivity contribution in [1.29, 1.82) is 0 Å². The summed E-state index contributed by atoms with van der Waals surface area (Å²) in [6, 6.07) is 9.53. The topological polar surface area (TPSA) is 55.6 Å². The number of hydrogen-bond acceptors (Lipinski definition) is 3. The predicted octanol–water partition coefficient (Wildman–Crippen LogP) is 3.74. The normalized spacial score (nSPS) is 16.9. The van der Waals surface area contributed by atoms with Gasteiger partial charge in [0.1, 0.15) is 11.6 Å². The van der Waals surface area contributed by atoms with Crippen LogP contribution in [0.25, 0.3) is 0 Å². The molecule has 1 unspecified atom stereocenters. The van der Waals surface area contributed by atoms with E-state index in [1.54, 1.807) is 29.2 Å². The summed E-state index contributed by atoms with van der Waals surface area (Å²) >= 11 is 0. The highest BCUT2D eigenvalue weighted by molar-refractivity contribution is 5.94. The molecule has 1 saturated heterocycles. The first-order valence-corrected chi connectivity index (χ1v) is 7.81. The molecule has 0 saturated carbocycles. The molecule has 1 aliphatic heterocycles. The highest BCUT2D eigenvalue weighted by Gasteiger charge is 2.22. The van der Waals surface area contributed by atoms with Gasteiger partial charge in [-0.3, -0.25) is 4.79 Å². The van der Waals surface area contributed by atoms with Gasteiger partial charge in [0.05, 0.1) is 0 Å². The summed E-state index contributed by atoms with van der Waals surface area (Å²) < 4.78 is 31.8. The van der Waals surface area contributed by atoms with Crippen LogP contribution in [0.15, 0.2) is 42.5 Å². The third-order valence-corrected chi connectivity index (χ3v) is 3.97. The molecule has 134 valence electrons. The zero-order chi connectivity index (χ0) is 17.1. The summed E-state index contributed by atoms with van der Waals surface area (Å²) in [5.74, 6) is -1.23. The Labute approximate surface area is 151 Å². The number of carbonyl (C=O) groups is 1. The zero-order valence-electron chi connectivity index (χ0n) is 13.5. The minimum absolute atomic E-state index is 0. The fourth-order valence-corrected chi connectivity index (χ4v) is 2.73. The number of hydrogen-bond donors (Lipinski definition) is 1. The summed E-state index contributed by atoms with van der Waals surface area (Å²) in [4.78, 5) is 14.2. The van der Waals surface area contributed by atoms with Gasteiger partial charge >= 0.3 is 0 Å². The lowest BCUT2D eigenvalue weighted by Crippen LogP contribution is -2.45. The quantitative estimate of drug-likeness (QED) is 0.897. The molecular formula is C18H19ClF2N2O2. The lowest BCUT2D eigenvalue weighted by atomic mass is 10.1. The van der Waals surface area contributed by atoms with E-state index >= 15 is 0 Å². The Morgan fingerprint density at radius 1 is 1.16 bits per heavy atom. The lowest BCUT2D eigenvalue weighted by Gasteiger charge is -2.30. The molecule has 3 rings (SSSR count). The molecular weight excluding hydrogens is 350 g/mol. The summed E-state index contributed by atoms with van der Waals surface area (Å²) in [7, 11) is 0. The lowest BCUT2D eigenvalue weighted by molar-refractivity contribution is 0.0709. The molecule has 0 aliphatic carbocycles. The average molecular weight is 369 g/mol. The Morgan fingerprint density at radius 2 is 1.88 bits per heavy atom. The van der Waals surface area contributed by atoms with Gasteiger partial charge in [-0.1, -0.05) is 0 Å². The van der Waals surface area contributed by atoms with Crippen molar-refractivity contribution < 1.29 is 18.3 Å². The number of carbonyl (C=O) groups excluding carboxylic acids is 1. The van der Waals surface area contributed by atoms with Gasteiger partial charge in [-0.25, -0.2) is 8.78 Å². The fourth-order valence-electron chi connectivity index (χ4n) is 2.73. The number of nitrogens with two attached hydrogens (primary N) is 1. The van der Waals surface area contributed by atoms with Crippen molar-refractivity contribution in [2.75, 3.05) is 13.1 Å². The molecule has 2 aromatic carbocycles. The Hall–Kier alpha value is -2.18. The van der Waals surface area contributed by atoms with Crippen LogP contribution in [0.5, 0.6) is 11.5 Å². The second kappa shape index (κ2) is 8.27. The van der Waals surface area contributed by atoms with Crippen LogP contribution >= 0.6 is 12.4 Å². The van der Waals surface area contributed by atoms with Crippen LogP contribution in [0.2, 0.25) is 0 Å². The SMILES string of the molecule is Cl.NC1CCCN(C(=O)c2ccc(Oc3ccc(F)cc3F)cc2)C1. The van der Waals surface area contributed by atoms with Crippen molar-refractivity contribution in [1.82, 2.24) is 4.90 Å². The van der Waals surface area contributed by atoms with Crippen LogP contribution in [0.1, 0.15) is 23.2 Å².